The first-order valence-electron chi connectivity index (χ1n) is 14.9. The summed E-state index contributed by atoms with van der Waals surface area (Å²) < 4.78 is 31.3. The monoisotopic (exact) mass is 610 g/mol. The molecule has 11 nitrogen and oxygen atoms in total. The number of halogens is 1. The van der Waals surface area contributed by atoms with E-state index in [0.29, 0.717) is 41.6 Å². The molecule has 44 heavy (non-hydrogen) atoms. The number of nitrogens with one attached hydrogen (secondary N) is 2. The van der Waals surface area contributed by atoms with Crippen molar-refractivity contribution in [3.63, 3.8) is 0 Å². The summed E-state index contributed by atoms with van der Waals surface area (Å²) in [4.78, 5) is 58.6. The summed E-state index contributed by atoms with van der Waals surface area (Å²) in [6.45, 7) is 12.2. The van der Waals surface area contributed by atoms with E-state index in [0.717, 1.165) is 5.56 Å². The molecule has 4 atom stereocenters. The van der Waals surface area contributed by atoms with Gasteiger partial charge < -0.3 is 29.7 Å². The average molecular weight is 611 g/mol. The van der Waals surface area contributed by atoms with Crippen LogP contribution in [0.1, 0.15) is 58.2 Å². The topological polar surface area (TPSA) is 136 Å². The molecule has 3 heterocycles. The maximum absolute atomic E-state index is 14.2. The standard InChI is InChI=1S/C32H39FN4O7/c1-7-19-14-32(19,28(40)42-8-2)36-27(39)24-15-31(17-37(24)25(38)16-34-29(41)44-30(4,5)6)12-11-21-22-13-20(33)9-10-23(22)35-18(3)26(21)43-31/h7,9-10,13,19,24H,1,8,11-12,14-17H2,2-6H3,(H,34,41)(H,36,39). The molecule has 2 aliphatic heterocycles. The molecule has 0 radical (unpaired) electrons. The quantitative estimate of drug-likeness (QED) is 0.359. The SMILES string of the molecule is C=CC1CC1(NC(=O)C1CC2(CCc3c(c(C)nc4ccc(F)cc34)O2)CN1C(=O)CNC(=O)OC(C)(C)C)C(=O)OCC. The first-order valence-corrected chi connectivity index (χ1v) is 14.9. The van der Waals surface area contributed by atoms with Crippen molar-refractivity contribution < 1.29 is 37.8 Å². The van der Waals surface area contributed by atoms with E-state index >= 15 is 0 Å². The third kappa shape index (κ3) is 5.94. The summed E-state index contributed by atoms with van der Waals surface area (Å²) in [6.07, 6.45) is 2.26. The fraction of sp³-hybridized carbons (Fsp3) is 0.531. The lowest BCUT2D eigenvalue weighted by Gasteiger charge is -2.36. The molecular weight excluding hydrogens is 571 g/mol. The highest BCUT2D eigenvalue weighted by atomic mass is 19.1. The number of ether oxygens (including phenoxy) is 3. The van der Waals surface area contributed by atoms with Crippen molar-refractivity contribution in [2.24, 2.45) is 5.92 Å². The second-order valence-corrected chi connectivity index (χ2v) is 12.8. The van der Waals surface area contributed by atoms with Crippen molar-refractivity contribution in [1.82, 2.24) is 20.5 Å². The number of esters is 1. The van der Waals surface area contributed by atoms with Gasteiger partial charge in [0.25, 0.3) is 0 Å². The Morgan fingerprint density at radius 2 is 2.00 bits per heavy atom. The number of amides is 3. The van der Waals surface area contributed by atoms with Crippen LogP contribution in [0.3, 0.4) is 0 Å². The highest BCUT2D eigenvalue weighted by Gasteiger charge is 2.62. The van der Waals surface area contributed by atoms with Crippen molar-refractivity contribution in [2.75, 3.05) is 19.7 Å². The van der Waals surface area contributed by atoms with E-state index in [9.17, 15) is 23.6 Å². The molecule has 2 N–H and O–H groups in total. The summed E-state index contributed by atoms with van der Waals surface area (Å²) >= 11 is 0. The van der Waals surface area contributed by atoms with Gasteiger partial charge in [-0.1, -0.05) is 6.08 Å². The number of likely N-dealkylation sites (tertiary alicyclic amines) is 1. The smallest absolute Gasteiger partial charge is 0.408 e. The van der Waals surface area contributed by atoms with Crippen LogP contribution in [0.15, 0.2) is 30.9 Å². The second kappa shape index (κ2) is 11.4. The lowest BCUT2D eigenvalue weighted by molar-refractivity contribution is -0.150. The molecule has 12 heteroatoms. The fourth-order valence-corrected chi connectivity index (χ4v) is 6.25. The number of hydrogen-bond donors (Lipinski definition) is 2. The molecule has 4 unspecified atom stereocenters. The number of pyridine rings is 1. The van der Waals surface area contributed by atoms with E-state index in [2.05, 4.69) is 22.2 Å². The molecule has 1 spiro atoms. The molecule has 1 aromatic heterocycles. The van der Waals surface area contributed by atoms with Crippen LogP contribution in [0.4, 0.5) is 9.18 Å². The lowest BCUT2D eigenvalue weighted by Crippen LogP contribution is -2.54. The third-order valence-electron chi connectivity index (χ3n) is 8.41. The Bertz CT molecular complexity index is 1540. The molecule has 2 fully saturated rings. The van der Waals surface area contributed by atoms with Gasteiger partial charge in [0.2, 0.25) is 11.8 Å². The van der Waals surface area contributed by atoms with Crippen LogP contribution in [0.2, 0.25) is 0 Å². The third-order valence-corrected chi connectivity index (χ3v) is 8.41. The van der Waals surface area contributed by atoms with Crippen molar-refractivity contribution >= 4 is 34.8 Å². The van der Waals surface area contributed by atoms with Crippen molar-refractivity contribution in [3.05, 3.63) is 47.9 Å². The summed E-state index contributed by atoms with van der Waals surface area (Å²) in [6, 6.07) is 3.42. The number of carbonyl (C=O) groups is 4. The van der Waals surface area contributed by atoms with Crippen LogP contribution >= 0.6 is 0 Å². The van der Waals surface area contributed by atoms with E-state index in [1.54, 1.807) is 46.8 Å². The van der Waals surface area contributed by atoms with Gasteiger partial charge in [-0.2, -0.15) is 0 Å². The van der Waals surface area contributed by atoms with Crippen LogP contribution in [0.5, 0.6) is 5.75 Å². The van der Waals surface area contributed by atoms with Crippen LogP contribution < -0.4 is 15.4 Å². The summed E-state index contributed by atoms with van der Waals surface area (Å²) in [7, 11) is 0. The Kier molecular flexibility index (Phi) is 8.06. The van der Waals surface area contributed by atoms with Gasteiger partial charge in [-0.25, -0.2) is 19.0 Å². The van der Waals surface area contributed by atoms with E-state index < -0.39 is 53.2 Å². The Morgan fingerprint density at radius 3 is 2.66 bits per heavy atom. The first kappa shape index (κ1) is 31.2. The van der Waals surface area contributed by atoms with Gasteiger partial charge in [0.1, 0.15) is 40.9 Å². The molecule has 3 aliphatic rings. The van der Waals surface area contributed by atoms with Gasteiger partial charge in [-0.05, 0) is 72.1 Å². The van der Waals surface area contributed by atoms with Crippen LogP contribution in [-0.2, 0) is 30.3 Å². The summed E-state index contributed by atoms with van der Waals surface area (Å²) in [5, 5.41) is 5.98. The maximum Gasteiger partial charge on any atom is 0.408 e. The van der Waals surface area contributed by atoms with E-state index in [-0.39, 0.29) is 31.3 Å². The van der Waals surface area contributed by atoms with E-state index in [1.807, 2.05) is 0 Å². The normalized spacial score (nSPS) is 25.5. The van der Waals surface area contributed by atoms with E-state index in [1.165, 1.54) is 17.0 Å². The molecule has 5 rings (SSSR count). The van der Waals surface area contributed by atoms with E-state index in [4.69, 9.17) is 14.2 Å². The Morgan fingerprint density at radius 1 is 1.25 bits per heavy atom. The zero-order valence-electron chi connectivity index (χ0n) is 25.8. The molecule has 1 saturated carbocycles. The Balaban J connectivity index is 1.43. The minimum absolute atomic E-state index is 0.0529. The molecule has 3 amide bonds. The second-order valence-electron chi connectivity index (χ2n) is 12.8. The predicted octanol–water partition coefficient (Wildman–Crippen LogP) is 3.50. The molecule has 2 aromatic rings. The molecular formula is C32H39FN4O7. The zero-order chi connectivity index (χ0) is 32.0. The van der Waals surface area contributed by atoms with Gasteiger partial charge in [-0.3, -0.25) is 9.59 Å². The number of nitrogens with zero attached hydrogens (tertiary/aromatic N) is 2. The number of rotatable bonds is 7. The van der Waals surface area contributed by atoms with Crippen molar-refractivity contribution in [3.8, 4) is 5.75 Å². The molecule has 0 bridgehead atoms. The molecule has 1 aliphatic carbocycles. The Labute approximate surface area is 255 Å². The Hall–Kier alpha value is -4.22. The van der Waals surface area contributed by atoms with Gasteiger partial charge in [0, 0.05) is 23.3 Å². The van der Waals surface area contributed by atoms with Crippen molar-refractivity contribution in [2.45, 2.75) is 83.1 Å². The molecule has 236 valence electrons. The first-order chi connectivity index (χ1) is 20.7. The summed E-state index contributed by atoms with van der Waals surface area (Å²) in [5.41, 5.74) is -0.878. The largest absolute Gasteiger partial charge is 0.483 e. The number of alkyl carbamates (subject to hydrolysis) is 1. The van der Waals surface area contributed by atoms with Crippen LogP contribution in [0.25, 0.3) is 10.9 Å². The number of aromatic nitrogens is 1. The maximum atomic E-state index is 14.2. The van der Waals surface area contributed by atoms with Gasteiger partial charge in [0.05, 0.1) is 24.4 Å². The zero-order valence-corrected chi connectivity index (χ0v) is 25.8. The lowest BCUT2D eigenvalue weighted by atomic mass is 9.87. The minimum Gasteiger partial charge on any atom is -0.483 e. The highest BCUT2D eigenvalue weighted by Crippen LogP contribution is 2.47. The van der Waals surface area contributed by atoms with Crippen molar-refractivity contribution in [1.29, 1.82) is 0 Å². The van der Waals surface area contributed by atoms with Gasteiger partial charge in [-0.15, -0.1) is 6.58 Å². The van der Waals surface area contributed by atoms with Crippen LogP contribution in [-0.4, -0.2) is 76.2 Å². The average Bonchev–Trinajstić information content (AvgIpc) is 3.55. The highest BCUT2D eigenvalue weighted by molar-refractivity contribution is 5.96. The summed E-state index contributed by atoms with van der Waals surface area (Å²) in [5.74, 6) is -1.79. The molecule has 1 saturated heterocycles. The van der Waals surface area contributed by atoms with Crippen LogP contribution in [0, 0.1) is 18.7 Å². The van der Waals surface area contributed by atoms with Gasteiger partial charge >= 0.3 is 12.1 Å². The predicted molar refractivity (Wildman–Crippen MR) is 158 cm³/mol. The number of benzene rings is 1. The number of hydrogen-bond acceptors (Lipinski definition) is 8. The minimum atomic E-state index is -1.25. The number of carbonyl (C=O) groups excluding carboxylic acids is 4. The fourth-order valence-electron chi connectivity index (χ4n) is 6.25. The number of aryl methyl sites for hydroxylation is 2. The molecule has 1 aromatic carbocycles. The number of fused-ring (bicyclic) bond motifs is 3. The van der Waals surface area contributed by atoms with Gasteiger partial charge in [0.15, 0.2) is 0 Å².